The lowest BCUT2D eigenvalue weighted by Gasteiger charge is -2.21. The molecule has 0 radical (unpaired) electrons. The smallest absolute Gasteiger partial charge is 0.191 e. The SMILES string of the molecule is CN=C(NCC(C)Oc1cccc(F)c1)NC(C)COC1CCOC1.I. The van der Waals surface area contributed by atoms with E-state index in [2.05, 4.69) is 15.6 Å². The van der Waals surface area contributed by atoms with Gasteiger partial charge in [0.1, 0.15) is 17.7 Å². The topological polar surface area (TPSA) is 64.1 Å². The molecule has 6 nitrogen and oxygen atoms in total. The molecule has 3 unspecified atom stereocenters. The van der Waals surface area contributed by atoms with Crippen LogP contribution in [0.3, 0.4) is 0 Å². The van der Waals surface area contributed by atoms with Gasteiger partial charge in [0.25, 0.3) is 0 Å². The average Bonchev–Trinajstić information content (AvgIpc) is 3.10. The van der Waals surface area contributed by atoms with E-state index in [9.17, 15) is 4.39 Å². The molecule has 1 aliphatic rings. The summed E-state index contributed by atoms with van der Waals surface area (Å²) in [6.07, 6.45) is 1.01. The molecular weight excluding hydrogens is 452 g/mol. The molecule has 0 bridgehead atoms. The number of guanidine groups is 1. The van der Waals surface area contributed by atoms with Crippen LogP contribution in [0.2, 0.25) is 0 Å². The zero-order valence-electron chi connectivity index (χ0n) is 15.5. The third-order valence-corrected chi connectivity index (χ3v) is 3.77. The van der Waals surface area contributed by atoms with Crippen molar-refractivity contribution in [3.63, 3.8) is 0 Å². The fourth-order valence-electron chi connectivity index (χ4n) is 2.45. The molecule has 0 amide bonds. The van der Waals surface area contributed by atoms with Gasteiger partial charge in [0.2, 0.25) is 0 Å². The molecule has 148 valence electrons. The van der Waals surface area contributed by atoms with Crippen LogP contribution in [0.15, 0.2) is 29.3 Å². The van der Waals surface area contributed by atoms with Crippen molar-refractivity contribution in [3.8, 4) is 5.75 Å². The van der Waals surface area contributed by atoms with Crippen LogP contribution >= 0.6 is 24.0 Å². The van der Waals surface area contributed by atoms with Gasteiger partial charge in [0, 0.05) is 25.8 Å². The van der Waals surface area contributed by atoms with Crippen LogP contribution in [0.5, 0.6) is 5.75 Å². The number of benzene rings is 1. The monoisotopic (exact) mass is 481 g/mol. The number of nitrogens with zero attached hydrogens (tertiary/aromatic N) is 1. The van der Waals surface area contributed by atoms with Gasteiger partial charge >= 0.3 is 0 Å². The summed E-state index contributed by atoms with van der Waals surface area (Å²) in [4.78, 5) is 4.20. The second-order valence-electron chi connectivity index (χ2n) is 6.20. The average molecular weight is 481 g/mol. The minimum absolute atomic E-state index is 0. The Bertz CT molecular complexity index is 556. The lowest BCUT2D eigenvalue weighted by molar-refractivity contribution is 0.0347. The van der Waals surface area contributed by atoms with E-state index in [1.165, 1.54) is 12.1 Å². The predicted octanol–water partition coefficient (Wildman–Crippen LogP) is 2.57. The van der Waals surface area contributed by atoms with Gasteiger partial charge in [-0.1, -0.05) is 6.07 Å². The number of aliphatic imine (C=N–C) groups is 1. The fourth-order valence-corrected chi connectivity index (χ4v) is 2.45. The molecule has 0 aliphatic carbocycles. The zero-order valence-corrected chi connectivity index (χ0v) is 17.9. The summed E-state index contributed by atoms with van der Waals surface area (Å²) < 4.78 is 29.9. The summed E-state index contributed by atoms with van der Waals surface area (Å²) >= 11 is 0. The fraction of sp³-hybridized carbons (Fsp3) is 0.611. The predicted molar refractivity (Wildman–Crippen MR) is 111 cm³/mol. The molecule has 0 spiro atoms. The number of nitrogens with one attached hydrogen (secondary N) is 2. The van der Waals surface area contributed by atoms with Gasteiger partial charge in [0.15, 0.2) is 5.96 Å². The first kappa shape index (κ1) is 22.9. The minimum Gasteiger partial charge on any atom is -0.489 e. The van der Waals surface area contributed by atoms with Crippen LogP contribution in [-0.4, -0.2) is 57.6 Å². The molecule has 26 heavy (non-hydrogen) atoms. The van der Waals surface area contributed by atoms with Crippen molar-refractivity contribution in [2.45, 2.75) is 38.5 Å². The van der Waals surface area contributed by atoms with Gasteiger partial charge in [0.05, 0.1) is 25.9 Å². The highest BCUT2D eigenvalue weighted by molar-refractivity contribution is 14.0. The summed E-state index contributed by atoms with van der Waals surface area (Å²) in [5, 5.41) is 6.48. The van der Waals surface area contributed by atoms with Crippen molar-refractivity contribution in [2.75, 3.05) is 33.4 Å². The number of rotatable bonds is 8. The summed E-state index contributed by atoms with van der Waals surface area (Å²) in [6, 6.07) is 6.24. The Balaban J connectivity index is 0.00000338. The Morgan fingerprint density at radius 1 is 1.42 bits per heavy atom. The van der Waals surface area contributed by atoms with E-state index in [1.807, 2.05) is 13.8 Å². The molecule has 1 fully saturated rings. The van der Waals surface area contributed by atoms with Crippen molar-refractivity contribution >= 4 is 29.9 Å². The van der Waals surface area contributed by atoms with Gasteiger partial charge < -0.3 is 24.8 Å². The molecule has 0 saturated carbocycles. The highest BCUT2D eigenvalue weighted by Gasteiger charge is 2.17. The van der Waals surface area contributed by atoms with Gasteiger partial charge in [-0.05, 0) is 32.4 Å². The first-order valence-electron chi connectivity index (χ1n) is 8.65. The van der Waals surface area contributed by atoms with Crippen LogP contribution in [0.4, 0.5) is 4.39 Å². The van der Waals surface area contributed by atoms with Crippen LogP contribution in [-0.2, 0) is 9.47 Å². The molecular formula is C18H29FIN3O3. The third kappa shape index (κ3) is 8.50. The van der Waals surface area contributed by atoms with E-state index in [1.54, 1.807) is 19.2 Å². The maximum atomic E-state index is 13.2. The highest BCUT2D eigenvalue weighted by atomic mass is 127. The molecule has 1 aliphatic heterocycles. The summed E-state index contributed by atoms with van der Waals surface area (Å²) in [7, 11) is 1.71. The van der Waals surface area contributed by atoms with Crippen molar-refractivity contribution in [3.05, 3.63) is 30.1 Å². The van der Waals surface area contributed by atoms with Crippen LogP contribution < -0.4 is 15.4 Å². The molecule has 1 saturated heterocycles. The number of hydrogen-bond acceptors (Lipinski definition) is 4. The van der Waals surface area contributed by atoms with Gasteiger partial charge in [-0.3, -0.25) is 4.99 Å². The highest BCUT2D eigenvalue weighted by Crippen LogP contribution is 2.13. The number of hydrogen-bond donors (Lipinski definition) is 2. The van der Waals surface area contributed by atoms with E-state index in [0.717, 1.165) is 13.0 Å². The van der Waals surface area contributed by atoms with E-state index >= 15 is 0 Å². The Morgan fingerprint density at radius 3 is 2.88 bits per heavy atom. The molecule has 1 aromatic rings. The Labute approximate surface area is 171 Å². The molecule has 0 aromatic heterocycles. The second kappa shape index (κ2) is 12.3. The third-order valence-electron chi connectivity index (χ3n) is 3.77. The van der Waals surface area contributed by atoms with E-state index in [0.29, 0.717) is 31.5 Å². The molecule has 2 N–H and O–H groups in total. The van der Waals surface area contributed by atoms with E-state index in [-0.39, 0.29) is 48.0 Å². The first-order valence-corrected chi connectivity index (χ1v) is 8.65. The summed E-state index contributed by atoms with van der Waals surface area (Å²) in [6.45, 7) is 6.53. The van der Waals surface area contributed by atoms with Crippen molar-refractivity contribution in [1.82, 2.24) is 10.6 Å². The summed E-state index contributed by atoms with van der Waals surface area (Å²) in [5.41, 5.74) is 0. The van der Waals surface area contributed by atoms with Crippen molar-refractivity contribution < 1.29 is 18.6 Å². The van der Waals surface area contributed by atoms with Gasteiger partial charge in [-0.25, -0.2) is 4.39 Å². The maximum absolute atomic E-state index is 13.2. The quantitative estimate of drug-likeness (QED) is 0.340. The number of halogens is 2. The van der Waals surface area contributed by atoms with Crippen molar-refractivity contribution in [2.24, 2.45) is 4.99 Å². The maximum Gasteiger partial charge on any atom is 0.191 e. The van der Waals surface area contributed by atoms with Crippen LogP contribution in [0.25, 0.3) is 0 Å². The van der Waals surface area contributed by atoms with Crippen LogP contribution in [0.1, 0.15) is 20.3 Å². The molecule has 2 rings (SSSR count). The lowest BCUT2D eigenvalue weighted by atomic mass is 10.3. The minimum atomic E-state index is -0.309. The summed E-state index contributed by atoms with van der Waals surface area (Å²) in [5.74, 6) is 0.878. The van der Waals surface area contributed by atoms with E-state index < -0.39 is 0 Å². The van der Waals surface area contributed by atoms with Gasteiger partial charge in [-0.15, -0.1) is 24.0 Å². The molecule has 3 atom stereocenters. The van der Waals surface area contributed by atoms with Crippen molar-refractivity contribution in [1.29, 1.82) is 0 Å². The Morgan fingerprint density at radius 2 is 2.23 bits per heavy atom. The number of ether oxygens (including phenoxy) is 3. The normalized spacial score (nSPS) is 19.4. The zero-order chi connectivity index (χ0) is 18.1. The van der Waals surface area contributed by atoms with E-state index in [4.69, 9.17) is 14.2 Å². The Hall–Kier alpha value is -1.13. The largest absolute Gasteiger partial charge is 0.489 e. The standard InChI is InChI=1S/C18H28FN3O3.HI/c1-13(11-24-17-7-8-23-12-17)22-18(20-3)21-10-14(2)25-16-6-4-5-15(19)9-16;/h4-6,9,13-14,17H,7-8,10-12H2,1-3H3,(H2,20,21,22);1H. The molecule has 1 heterocycles. The Kier molecular flexibility index (Phi) is 10.8. The van der Waals surface area contributed by atoms with Crippen LogP contribution in [0, 0.1) is 5.82 Å². The first-order chi connectivity index (χ1) is 12.1. The lowest BCUT2D eigenvalue weighted by Crippen LogP contribution is -2.46. The molecule has 1 aromatic carbocycles. The van der Waals surface area contributed by atoms with Gasteiger partial charge in [-0.2, -0.15) is 0 Å². The molecule has 8 heteroatoms. The second-order valence-corrected chi connectivity index (χ2v) is 6.20.